The molecule has 2 aromatic heterocycles. The van der Waals surface area contributed by atoms with Gasteiger partial charge in [0.1, 0.15) is 11.3 Å². The molecule has 0 spiro atoms. The number of nitrogens with zero attached hydrogens (tertiary/aromatic N) is 5. The fourth-order valence-electron chi connectivity index (χ4n) is 7.00. The van der Waals surface area contributed by atoms with Crippen LogP contribution in [0.25, 0.3) is 33.8 Å². The van der Waals surface area contributed by atoms with Crippen LogP contribution in [0.2, 0.25) is 0 Å². The van der Waals surface area contributed by atoms with E-state index >= 15 is 0 Å². The van der Waals surface area contributed by atoms with Crippen LogP contribution in [0.1, 0.15) is 71.2 Å². The third-order valence-electron chi connectivity index (χ3n) is 9.85. The summed E-state index contributed by atoms with van der Waals surface area (Å²) in [7, 11) is 0. The number of hydrogen-bond donors (Lipinski definition) is 1. The number of benzene rings is 4. The Kier molecular flexibility index (Phi) is 9.82. The number of pyridine rings is 1. The van der Waals surface area contributed by atoms with Crippen molar-refractivity contribution in [2.75, 3.05) is 4.81 Å². The summed E-state index contributed by atoms with van der Waals surface area (Å²) in [6.45, 7) is 17.2. The molecule has 0 fully saturated rings. The Morgan fingerprint density at radius 3 is 2.16 bits per heavy atom. The molecule has 0 unspecified atom stereocenters. The Labute approximate surface area is 317 Å². The SMILES string of the molecule is Cc1nc(C(C)(C)c2[c-]c(-c3cc(-c4ccccc4)ccn3)cc(C(C)(C)C)c2)nc2[n+]1B(c1ccccc1)N(C(C)C)c1cccc(O)c1-2.[Pt]. The number of phenolic OH excluding ortho intramolecular Hbond substituents is 1. The molecule has 1 aliphatic rings. The number of aryl methyl sites for hydroxylation is 1. The molecule has 6 nitrogen and oxygen atoms in total. The van der Waals surface area contributed by atoms with Gasteiger partial charge in [0, 0.05) is 45.9 Å². The van der Waals surface area contributed by atoms with Gasteiger partial charge >= 0.3 is 6.98 Å². The molecule has 7 rings (SSSR count). The van der Waals surface area contributed by atoms with E-state index in [9.17, 15) is 5.11 Å². The van der Waals surface area contributed by atoms with Gasteiger partial charge in [-0.2, -0.15) is 0 Å². The first-order chi connectivity index (χ1) is 23.8. The second-order valence-corrected chi connectivity index (χ2v) is 15.1. The van der Waals surface area contributed by atoms with Gasteiger partial charge in [-0.3, -0.25) is 4.48 Å². The van der Waals surface area contributed by atoms with E-state index in [1.807, 2.05) is 31.3 Å². The first-order valence-corrected chi connectivity index (χ1v) is 17.4. The van der Waals surface area contributed by atoms with Crippen LogP contribution in [0.5, 0.6) is 5.75 Å². The normalized spacial score (nSPS) is 12.7. The summed E-state index contributed by atoms with van der Waals surface area (Å²) < 4.78 is 2.18. The molecule has 8 heteroatoms. The van der Waals surface area contributed by atoms with Gasteiger partial charge in [0.15, 0.2) is 0 Å². The molecule has 1 aliphatic heterocycles. The standard InChI is InChI=1S/C43H43BN5O.Pt/c1-28(2)48-37-20-15-21-38(50)39(37)40-47-41(46-29(3)49(40)44(48)35-18-13-10-14-19-35)43(7,8)34-25-32(24-33(27-34)42(4,5)6)36-26-31(22-23-45-36)30-16-11-9-12-17-30;/h9-24,26-28H,1-8H3;/q-1;/p+1. The molecule has 4 aromatic carbocycles. The van der Waals surface area contributed by atoms with Crippen molar-refractivity contribution < 1.29 is 30.6 Å². The zero-order valence-corrected chi connectivity index (χ0v) is 32.8. The van der Waals surface area contributed by atoms with E-state index in [-0.39, 0.29) is 45.3 Å². The Hall–Kier alpha value is -4.61. The quantitative estimate of drug-likeness (QED) is 0.136. The Morgan fingerprint density at radius 1 is 0.804 bits per heavy atom. The summed E-state index contributed by atoms with van der Waals surface area (Å²) >= 11 is 0. The van der Waals surface area contributed by atoms with E-state index in [4.69, 9.17) is 15.0 Å². The maximum absolute atomic E-state index is 11.4. The van der Waals surface area contributed by atoms with Crippen LogP contribution in [0.3, 0.4) is 0 Å². The van der Waals surface area contributed by atoms with Gasteiger partial charge in [-0.1, -0.05) is 104 Å². The van der Waals surface area contributed by atoms with Gasteiger partial charge < -0.3 is 14.9 Å². The van der Waals surface area contributed by atoms with Crippen LogP contribution in [0.4, 0.5) is 5.69 Å². The first-order valence-electron chi connectivity index (χ1n) is 17.4. The van der Waals surface area contributed by atoms with Crippen molar-refractivity contribution in [3.05, 3.63) is 138 Å². The summed E-state index contributed by atoms with van der Waals surface area (Å²) in [5, 5.41) is 11.4. The van der Waals surface area contributed by atoms with E-state index in [1.165, 1.54) is 5.56 Å². The maximum atomic E-state index is 11.4. The molecule has 0 saturated carbocycles. The Morgan fingerprint density at radius 2 is 1.49 bits per heavy atom. The average molecular weight is 853 g/mol. The Bertz CT molecular complexity index is 2200. The number of aromatic hydroxyl groups is 1. The molecular formula is C43H44BN5OPt. The van der Waals surface area contributed by atoms with Crippen LogP contribution in [-0.4, -0.2) is 33.1 Å². The predicted molar refractivity (Wildman–Crippen MR) is 204 cm³/mol. The molecule has 1 N–H and O–H groups in total. The molecular weight excluding hydrogens is 808 g/mol. The van der Waals surface area contributed by atoms with Gasteiger partial charge in [0.25, 0.3) is 11.6 Å². The fraction of sp³-hybridized carbons (Fsp3) is 0.256. The third-order valence-corrected chi connectivity index (χ3v) is 9.85. The summed E-state index contributed by atoms with van der Waals surface area (Å²) in [6, 6.07) is 39.2. The molecule has 0 aliphatic carbocycles. The van der Waals surface area contributed by atoms with Crippen molar-refractivity contribution in [3.8, 4) is 39.5 Å². The molecule has 0 atom stereocenters. The van der Waals surface area contributed by atoms with Crippen LogP contribution in [-0.2, 0) is 31.9 Å². The van der Waals surface area contributed by atoms with Gasteiger partial charge in [-0.25, -0.2) is 0 Å². The summed E-state index contributed by atoms with van der Waals surface area (Å²) in [5.74, 6) is 2.38. The largest absolute Gasteiger partial charge is 0.507 e. The van der Waals surface area contributed by atoms with Crippen molar-refractivity contribution in [1.29, 1.82) is 0 Å². The second-order valence-electron chi connectivity index (χ2n) is 15.1. The van der Waals surface area contributed by atoms with Gasteiger partial charge in [0.05, 0.1) is 5.41 Å². The van der Waals surface area contributed by atoms with Crippen molar-refractivity contribution in [2.24, 2.45) is 0 Å². The fourth-order valence-corrected chi connectivity index (χ4v) is 7.00. The van der Waals surface area contributed by atoms with E-state index in [0.29, 0.717) is 17.2 Å². The van der Waals surface area contributed by atoms with Gasteiger partial charge in [-0.15, -0.1) is 34.9 Å². The van der Waals surface area contributed by atoms with Gasteiger partial charge in [0.2, 0.25) is 5.82 Å². The second kappa shape index (κ2) is 13.8. The van der Waals surface area contributed by atoms with E-state index < -0.39 is 5.41 Å². The number of aromatic nitrogens is 4. The summed E-state index contributed by atoms with van der Waals surface area (Å²) in [6.07, 6.45) is 1.88. The molecule has 260 valence electrons. The zero-order valence-electron chi connectivity index (χ0n) is 30.5. The minimum Gasteiger partial charge on any atom is -0.507 e. The number of anilines is 1. The van der Waals surface area contributed by atoms with E-state index in [2.05, 4.69) is 143 Å². The first kappa shape index (κ1) is 36.2. The summed E-state index contributed by atoms with van der Waals surface area (Å²) in [5.41, 5.74) is 8.24. The molecule has 0 amide bonds. The molecule has 51 heavy (non-hydrogen) atoms. The van der Waals surface area contributed by atoms with E-state index in [1.54, 1.807) is 6.07 Å². The minimum atomic E-state index is -0.643. The van der Waals surface area contributed by atoms with Crippen molar-refractivity contribution in [3.63, 3.8) is 0 Å². The molecule has 6 aromatic rings. The topological polar surface area (TPSA) is 66.0 Å². The van der Waals surface area contributed by atoms with Gasteiger partial charge in [-0.05, 0) is 73.6 Å². The maximum Gasteiger partial charge on any atom is 0.499 e. The third kappa shape index (κ3) is 6.65. The van der Waals surface area contributed by atoms with Crippen molar-refractivity contribution in [2.45, 2.75) is 72.3 Å². The average Bonchev–Trinajstić information content (AvgIpc) is 3.11. The number of fused-ring (bicyclic) bond motifs is 3. The van der Waals surface area contributed by atoms with Crippen LogP contribution < -0.4 is 14.8 Å². The van der Waals surface area contributed by atoms with Crippen LogP contribution >= 0.6 is 0 Å². The van der Waals surface area contributed by atoms with Crippen LogP contribution in [0.15, 0.2) is 109 Å². The smallest absolute Gasteiger partial charge is 0.499 e. The molecule has 0 saturated heterocycles. The zero-order chi connectivity index (χ0) is 35.4. The number of phenols is 1. The monoisotopic (exact) mass is 852 g/mol. The van der Waals surface area contributed by atoms with Crippen molar-refractivity contribution >= 4 is 18.1 Å². The van der Waals surface area contributed by atoms with Crippen molar-refractivity contribution in [1.82, 2.24) is 15.0 Å². The van der Waals surface area contributed by atoms with Crippen LogP contribution in [0, 0.1) is 13.0 Å². The minimum absolute atomic E-state index is 0. The number of rotatable bonds is 6. The molecule has 3 heterocycles. The predicted octanol–water partition coefficient (Wildman–Crippen LogP) is 8.07. The molecule has 0 bridgehead atoms. The number of hydrogen-bond acceptors (Lipinski definition) is 5. The Balaban J connectivity index is 0.00000448. The summed E-state index contributed by atoms with van der Waals surface area (Å²) in [4.78, 5) is 17.8. The molecule has 0 radical (unpaired) electrons. The van der Waals surface area contributed by atoms with E-state index in [0.717, 1.165) is 44.9 Å².